The van der Waals surface area contributed by atoms with Crippen molar-refractivity contribution in [1.82, 2.24) is 4.98 Å². The molecule has 0 bridgehead atoms. The largest absolute Gasteiger partial charge is 0.329 e. The van der Waals surface area contributed by atoms with Crippen LogP contribution < -0.4 is 10.6 Å². The van der Waals surface area contributed by atoms with Gasteiger partial charge in [-0.1, -0.05) is 12.1 Å². The second kappa shape index (κ2) is 5.50. The number of rotatable bonds is 3. The molecule has 0 aliphatic carbocycles. The molecule has 1 aromatic heterocycles. The summed E-state index contributed by atoms with van der Waals surface area (Å²) in [7, 11) is 2.01. The van der Waals surface area contributed by atoms with E-state index >= 15 is 0 Å². The molecule has 3 nitrogen and oxygen atoms in total. The minimum Gasteiger partial charge on any atom is -0.329 e. The highest BCUT2D eigenvalue weighted by Crippen LogP contribution is 2.25. The lowest BCUT2D eigenvalue weighted by Gasteiger charge is -2.19. The Morgan fingerprint density at radius 1 is 1.28 bits per heavy atom. The van der Waals surface area contributed by atoms with Gasteiger partial charge in [0.25, 0.3) is 0 Å². The minimum absolute atomic E-state index is 0.569. The summed E-state index contributed by atoms with van der Waals surface area (Å²) >= 11 is 3.46. The van der Waals surface area contributed by atoms with Crippen molar-refractivity contribution in [2.75, 3.05) is 11.9 Å². The molecule has 0 aliphatic heterocycles. The van der Waals surface area contributed by atoms with Gasteiger partial charge in [0.05, 0.1) is 0 Å². The zero-order valence-electron chi connectivity index (χ0n) is 10.5. The predicted octanol–water partition coefficient (Wildman–Crippen LogP) is 3.38. The van der Waals surface area contributed by atoms with Gasteiger partial charge in [0.15, 0.2) is 0 Å². The summed E-state index contributed by atoms with van der Waals surface area (Å²) in [6.07, 6.45) is 1.83. The van der Waals surface area contributed by atoms with Crippen LogP contribution in [0.5, 0.6) is 0 Å². The van der Waals surface area contributed by atoms with Gasteiger partial charge in [-0.05, 0) is 52.2 Å². The number of hydrogen-bond acceptors (Lipinski definition) is 3. The lowest BCUT2D eigenvalue weighted by molar-refractivity contribution is 1.06. The van der Waals surface area contributed by atoms with Crippen molar-refractivity contribution in [3.8, 4) is 0 Å². The number of nitrogens with zero attached hydrogens (tertiary/aromatic N) is 2. The quantitative estimate of drug-likeness (QED) is 0.945. The molecule has 0 unspecified atom stereocenters. The molecular formula is C14H16BrN3. The average molecular weight is 306 g/mol. The molecular weight excluding hydrogens is 290 g/mol. The van der Waals surface area contributed by atoms with E-state index in [0.717, 1.165) is 21.5 Å². The maximum Gasteiger partial charge on any atom is 0.132 e. The number of anilines is 2. The maximum absolute atomic E-state index is 5.59. The standard InChI is InChI=1S/C14H16BrN3/c1-10-7-14(17-9-13(10)15)18(2)12-5-3-11(8-16)4-6-12/h3-7,9H,8,16H2,1-2H3. The highest BCUT2D eigenvalue weighted by Gasteiger charge is 2.06. The number of hydrogen-bond donors (Lipinski definition) is 1. The van der Waals surface area contributed by atoms with E-state index in [1.165, 1.54) is 5.56 Å². The first-order chi connectivity index (χ1) is 8.61. The van der Waals surface area contributed by atoms with E-state index in [2.05, 4.69) is 50.9 Å². The van der Waals surface area contributed by atoms with Gasteiger partial charge < -0.3 is 10.6 Å². The highest BCUT2D eigenvalue weighted by atomic mass is 79.9. The van der Waals surface area contributed by atoms with Crippen LogP contribution in [0.1, 0.15) is 11.1 Å². The number of aryl methyl sites for hydroxylation is 1. The third-order valence-electron chi connectivity index (χ3n) is 2.94. The predicted molar refractivity (Wildman–Crippen MR) is 79.1 cm³/mol. The second-order valence-electron chi connectivity index (χ2n) is 4.22. The van der Waals surface area contributed by atoms with Crippen LogP contribution in [0.4, 0.5) is 11.5 Å². The van der Waals surface area contributed by atoms with Gasteiger partial charge in [0.1, 0.15) is 5.82 Å². The Balaban J connectivity index is 2.28. The maximum atomic E-state index is 5.59. The fourth-order valence-corrected chi connectivity index (χ4v) is 1.91. The van der Waals surface area contributed by atoms with Crippen molar-refractivity contribution in [3.05, 3.63) is 52.1 Å². The monoisotopic (exact) mass is 305 g/mol. The Morgan fingerprint density at radius 2 is 1.94 bits per heavy atom. The molecule has 0 radical (unpaired) electrons. The van der Waals surface area contributed by atoms with Gasteiger partial charge in [-0.15, -0.1) is 0 Å². The molecule has 0 fully saturated rings. The zero-order chi connectivity index (χ0) is 13.1. The van der Waals surface area contributed by atoms with Crippen molar-refractivity contribution in [1.29, 1.82) is 0 Å². The lowest BCUT2D eigenvalue weighted by atomic mass is 10.2. The number of pyridine rings is 1. The normalized spacial score (nSPS) is 10.4. The van der Waals surface area contributed by atoms with Crippen LogP contribution in [0.3, 0.4) is 0 Å². The molecule has 2 rings (SSSR count). The molecule has 0 aliphatic rings. The Labute approximate surface area is 116 Å². The summed E-state index contributed by atoms with van der Waals surface area (Å²) in [4.78, 5) is 6.47. The molecule has 2 N–H and O–H groups in total. The summed E-state index contributed by atoms with van der Waals surface area (Å²) < 4.78 is 1.03. The van der Waals surface area contributed by atoms with E-state index in [1.807, 2.05) is 25.4 Å². The first-order valence-electron chi connectivity index (χ1n) is 5.76. The average Bonchev–Trinajstić information content (AvgIpc) is 2.41. The van der Waals surface area contributed by atoms with Crippen LogP contribution in [0.15, 0.2) is 41.0 Å². The van der Waals surface area contributed by atoms with Gasteiger partial charge in [-0.3, -0.25) is 0 Å². The highest BCUT2D eigenvalue weighted by molar-refractivity contribution is 9.10. The van der Waals surface area contributed by atoms with Crippen LogP contribution >= 0.6 is 15.9 Å². The van der Waals surface area contributed by atoms with Crippen LogP contribution in [0.25, 0.3) is 0 Å². The molecule has 2 aromatic rings. The number of aromatic nitrogens is 1. The number of halogens is 1. The van der Waals surface area contributed by atoms with Gasteiger partial charge in [0, 0.05) is 29.9 Å². The molecule has 0 saturated heterocycles. The topological polar surface area (TPSA) is 42.1 Å². The summed E-state index contributed by atoms with van der Waals surface area (Å²) in [5.41, 5.74) is 8.99. The van der Waals surface area contributed by atoms with E-state index in [4.69, 9.17) is 5.73 Å². The molecule has 0 saturated carbocycles. The van der Waals surface area contributed by atoms with Crippen LogP contribution in [-0.4, -0.2) is 12.0 Å². The first kappa shape index (κ1) is 13.1. The molecule has 1 aromatic carbocycles. The fourth-order valence-electron chi connectivity index (χ4n) is 1.70. The van der Waals surface area contributed by atoms with E-state index in [1.54, 1.807) is 0 Å². The Kier molecular flexibility index (Phi) is 3.99. The summed E-state index contributed by atoms with van der Waals surface area (Å²) in [6, 6.07) is 10.2. The second-order valence-corrected chi connectivity index (χ2v) is 5.08. The van der Waals surface area contributed by atoms with Gasteiger partial charge in [-0.2, -0.15) is 0 Å². The lowest BCUT2D eigenvalue weighted by Crippen LogP contribution is -2.11. The Morgan fingerprint density at radius 3 is 2.50 bits per heavy atom. The molecule has 0 spiro atoms. The summed E-state index contributed by atoms with van der Waals surface area (Å²) in [5, 5.41) is 0. The fraction of sp³-hybridized carbons (Fsp3) is 0.214. The van der Waals surface area contributed by atoms with Crippen molar-refractivity contribution in [2.24, 2.45) is 5.73 Å². The number of nitrogens with two attached hydrogens (primary N) is 1. The van der Waals surface area contributed by atoms with Crippen LogP contribution in [0.2, 0.25) is 0 Å². The van der Waals surface area contributed by atoms with Crippen molar-refractivity contribution < 1.29 is 0 Å². The Bertz CT molecular complexity index is 537. The first-order valence-corrected chi connectivity index (χ1v) is 6.56. The Hall–Kier alpha value is -1.39. The van der Waals surface area contributed by atoms with Gasteiger partial charge >= 0.3 is 0 Å². The van der Waals surface area contributed by atoms with Crippen molar-refractivity contribution in [3.63, 3.8) is 0 Å². The summed E-state index contributed by atoms with van der Waals surface area (Å²) in [6.45, 7) is 2.63. The molecule has 1 heterocycles. The van der Waals surface area contributed by atoms with E-state index < -0.39 is 0 Å². The van der Waals surface area contributed by atoms with E-state index in [9.17, 15) is 0 Å². The SMILES string of the molecule is Cc1cc(N(C)c2ccc(CN)cc2)ncc1Br. The van der Waals surface area contributed by atoms with E-state index in [0.29, 0.717) is 6.54 Å². The number of benzene rings is 1. The van der Waals surface area contributed by atoms with Crippen LogP contribution in [-0.2, 0) is 6.54 Å². The third-order valence-corrected chi connectivity index (χ3v) is 3.77. The smallest absolute Gasteiger partial charge is 0.132 e. The molecule has 94 valence electrons. The zero-order valence-corrected chi connectivity index (χ0v) is 12.1. The molecule has 0 atom stereocenters. The molecule has 4 heteroatoms. The van der Waals surface area contributed by atoms with Crippen molar-refractivity contribution in [2.45, 2.75) is 13.5 Å². The van der Waals surface area contributed by atoms with Gasteiger partial charge in [0.2, 0.25) is 0 Å². The molecule has 18 heavy (non-hydrogen) atoms. The van der Waals surface area contributed by atoms with E-state index in [-0.39, 0.29) is 0 Å². The van der Waals surface area contributed by atoms with Crippen LogP contribution in [0, 0.1) is 6.92 Å². The van der Waals surface area contributed by atoms with Crippen molar-refractivity contribution >= 4 is 27.4 Å². The minimum atomic E-state index is 0.569. The third kappa shape index (κ3) is 2.71. The van der Waals surface area contributed by atoms with Gasteiger partial charge in [-0.25, -0.2) is 4.98 Å². The molecule has 0 amide bonds. The summed E-state index contributed by atoms with van der Waals surface area (Å²) in [5.74, 6) is 0.927.